The number of benzene rings is 1. The summed E-state index contributed by atoms with van der Waals surface area (Å²) in [5.41, 5.74) is 0.613. The molecule has 1 aromatic carbocycles. The number of alkyl halides is 3. The van der Waals surface area contributed by atoms with Crippen molar-refractivity contribution in [1.29, 1.82) is 0 Å². The molecule has 1 aromatic heterocycles. The lowest BCUT2D eigenvalue weighted by Gasteiger charge is -2.17. The van der Waals surface area contributed by atoms with Crippen LogP contribution in [0, 0.1) is 0 Å². The maximum Gasteiger partial charge on any atom is 0.573 e. The first-order chi connectivity index (χ1) is 9.99. The quantitative estimate of drug-likeness (QED) is 0.861. The summed E-state index contributed by atoms with van der Waals surface area (Å²) >= 11 is 0. The van der Waals surface area contributed by atoms with Crippen LogP contribution in [0.2, 0.25) is 0 Å². The Kier molecular flexibility index (Phi) is 4.79. The average molecular weight is 300 g/mol. The number of hydrogen-bond donors (Lipinski definition) is 2. The van der Waals surface area contributed by atoms with Crippen molar-refractivity contribution in [3.05, 3.63) is 42.0 Å². The number of aromatic amines is 1. The van der Waals surface area contributed by atoms with Crippen LogP contribution in [0.1, 0.15) is 30.8 Å². The molecule has 0 amide bonds. The summed E-state index contributed by atoms with van der Waals surface area (Å²) in [6, 6.07) is 5.44. The molecule has 0 aliphatic rings. The number of halogens is 3. The van der Waals surface area contributed by atoms with E-state index in [9.17, 15) is 13.2 Å². The van der Waals surface area contributed by atoms with Crippen LogP contribution in [0.3, 0.4) is 0 Å². The maximum atomic E-state index is 12.3. The van der Waals surface area contributed by atoms with Crippen LogP contribution in [-0.2, 0) is 0 Å². The van der Waals surface area contributed by atoms with Crippen LogP contribution >= 0.6 is 0 Å². The van der Waals surface area contributed by atoms with Gasteiger partial charge in [-0.2, -0.15) is 5.10 Å². The maximum absolute atomic E-state index is 12.3. The van der Waals surface area contributed by atoms with E-state index in [1.807, 2.05) is 6.92 Å². The molecule has 0 bridgehead atoms. The van der Waals surface area contributed by atoms with Gasteiger partial charge in [-0.3, -0.25) is 5.10 Å². The van der Waals surface area contributed by atoms with E-state index in [4.69, 9.17) is 0 Å². The molecule has 0 spiro atoms. The van der Waals surface area contributed by atoms with Crippen molar-refractivity contribution in [2.45, 2.75) is 25.7 Å². The Labute approximate surface area is 119 Å². The minimum absolute atomic E-state index is 0.261. The van der Waals surface area contributed by atoms with Crippen molar-refractivity contribution < 1.29 is 17.9 Å². The van der Waals surface area contributed by atoms with Crippen LogP contribution in [0.4, 0.5) is 13.2 Å². The summed E-state index contributed by atoms with van der Waals surface area (Å²) in [6.45, 7) is 2.68. The number of nitrogens with one attached hydrogen (secondary N) is 2. The predicted octanol–water partition coefficient (Wildman–Crippen LogP) is 2.79. The minimum Gasteiger partial charge on any atom is -0.406 e. The van der Waals surface area contributed by atoms with Crippen molar-refractivity contribution in [3.63, 3.8) is 0 Å². The van der Waals surface area contributed by atoms with Gasteiger partial charge >= 0.3 is 6.36 Å². The van der Waals surface area contributed by atoms with Crippen molar-refractivity contribution >= 4 is 0 Å². The molecule has 2 rings (SSSR count). The molecule has 8 heteroatoms. The molecule has 0 saturated heterocycles. The summed E-state index contributed by atoms with van der Waals surface area (Å²) < 4.78 is 40.8. The SMILES string of the molecule is CCCNC(c1cccc(OC(F)(F)F)c1)c1ncn[nH]1. The molecule has 2 N–H and O–H groups in total. The van der Waals surface area contributed by atoms with E-state index in [-0.39, 0.29) is 11.8 Å². The van der Waals surface area contributed by atoms with Crippen LogP contribution in [-0.4, -0.2) is 28.1 Å². The highest BCUT2D eigenvalue weighted by Gasteiger charge is 2.31. The molecule has 5 nitrogen and oxygen atoms in total. The van der Waals surface area contributed by atoms with Crippen LogP contribution in [0.5, 0.6) is 5.75 Å². The van der Waals surface area contributed by atoms with Crippen molar-refractivity contribution in [3.8, 4) is 5.75 Å². The van der Waals surface area contributed by atoms with Gasteiger partial charge in [0.2, 0.25) is 0 Å². The molecule has 0 saturated carbocycles. The van der Waals surface area contributed by atoms with Crippen LogP contribution in [0.25, 0.3) is 0 Å². The molecule has 1 atom stereocenters. The average Bonchev–Trinajstić information content (AvgIpc) is 2.91. The summed E-state index contributed by atoms with van der Waals surface area (Å²) in [6.07, 6.45) is -2.48. The summed E-state index contributed by atoms with van der Waals surface area (Å²) in [4.78, 5) is 4.06. The highest BCUT2D eigenvalue weighted by Crippen LogP contribution is 2.27. The van der Waals surface area contributed by atoms with E-state index in [1.165, 1.54) is 24.5 Å². The molecular formula is C13H15F3N4O. The number of H-pyrrole nitrogens is 1. The summed E-state index contributed by atoms with van der Waals surface area (Å²) in [7, 11) is 0. The monoisotopic (exact) mass is 300 g/mol. The van der Waals surface area contributed by atoms with E-state index >= 15 is 0 Å². The number of nitrogens with zero attached hydrogens (tertiary/aromatic N) is 2. The molecule has 114 valence electrons. The second-order valence-corrected chi connectivity index (χ2v) is 4.38. The molecule has 2 aromatic rings. The van der Waals surface area contributed by atoms with Crippen molar-refractivity contribution in [1.82, 2.24) is 20.5 Å². The van der Waals surface area contributed by atoms with Gasteiger partial charge in [0.25, 0.3) is 0 Å². The van der Waals surface area contributed by atoms with E-state index in [1.54, 1.807) is 6.07 Å². The number of ether oxygens (including phenoxy) is 1. The lowest BCUT2D eigenvalue weighted by Crippen LogP contribution is -2.24. The second-order valence-electron chi connectivity index (χ2n) is 4.38. The normalized spacial score (nSPS) is 13.1. The van der Waals surface area contributed by atoms with Gasteiger partial charge in [0.05, 0.1) is 6.04 Å². The fraction of sp³-hybridized carbons (Fsp3) is 0.385. The standard InChI is InChI=1S/C13H15F3N4O/c1-2-6-17-11(12-18-8-19-20-12)9-4-3-5-10(7-9)21-13(14,15)16/h3-5,7-8,11,17H,2,6H2,1H3,(H,18,19,20). The highest BCUT2D eigenvalue weighted by atomic mass is 19.4. The Morgan fingerprint density at radius 3 is 2.81 bits per heavy atom. The van der Waals surface area contributed by atoms with Gasteiger partial charge in [-0.1, -0.05) is 19.1 Å². The molecular weight excluding hydrogens is 285 g/mol. The zero-order valence-corrected chi connectivity index (χ0v) is 11.3. The van der Waals surface area contributed by atoms with Gasteiger partial charge < -0.3 is 10.1 Å². The first-order valence-electron chi connectivity index (χ1n) is 6.44. The Bertz CT molecular complexity index is 557. The van der Waals surface area contributed by atoms with Gasteiger partial charge in [-0.05, 0) is 30.7 Å². The topological polar surface area (TPSA) is 62.8 Å². The largest absolute Gasteiger partial charge is 0.573 e. The highest BCUT2D eigenvalue weighted by molar-refractivity contribution is 5.33. The molecule has 1 unspecified atom stereocenters. The second kappa shape index (κ2) is 6.57. The van der Waals surface area contributed by atoms with E-state index in [0.717, 1.165) is 6.42 Å². The molecule has 0 fully saturated rings. The first kappa shape index (κ1) is 15.3. The minimum atomic E-state index is -4.71. The third-order valence-electron chi connectivity index (χ3n) is 2.73. The molecule has 21 heavy (non-hydrogen) atoms. The Morgan fingerprint density at radius 2 is 2.19 bits per heavy atom. The van der Waals surface area contributed by atoms with Gasteiger partial charge in [0, 0.05) is 0 Å². The Balaban J connectivity index is 2.25. The first-order valence-corrected chi connectivity index (χ1v) is 6.44. The fourth-order valence-electron chi connectivity index (χ4n) is 1.91. The number of rotatable bonds is 6. The van der Waals surface area contributed by atoms with Gasteiger partial charge in [0.1, 0.15) is 17.9 Å². The fourth-order valence-corrected chi connectivity index (χ4v) is 1.91. The smallest absolute Gasteiger partial charge is 0.406 e. The summed E-state index contributed by atoms with van der Waals surface area (Å²) in [5, 5.41) is 9.70. The number of hydrogen-bond acceptors (Lipinski definition) is 4. The zero-order chi connectivity index (χ0) is 15.3. The zero-order valence-electron chi connectivity index (χ0n) is 11.3. The van der Waals surface area contributed by atoms with E-state index in [2.05, 4.69) is 25.2 Å². The van der Waals surface area contributed by atoms with Gasteiger partial charge in [-0.15, -0.1) is 13.2 Å². The van der Waals surface area contributed by atoms with Crippen molar-refractivity contribution in [2.24, 2.45) is 0 Å². The van der Waals surface area contributed by atoms with Gasteiger partial charge in [-0.25, -0.2) is 4.98 Å². The lowest BCUT2D eigenvalue weighted by atomic mass is 10.1. The number of aromatic nitrogens is 3. The Morgan fingerprint density at radius 1 is 1.38 bits per heavy atom. The van der Waals surface area contributed by atoms with E-state index in [0.29, 0.717) is 17.9 Å². The third kappa shape index (κ3) is 4.45. The molecule has 0 radical (unpaired) electrons. The van der Waals surface area contributed by atoms with Crippen LogP contribution in [0.15, 0.2) is 30.6 Å². The van der Waals surface area contributed by atoms with Gasteiger partial charge in [0.15, 0.2) is 0 Å². The van der Waals surface area contributed by atoms with E-state index < -0.39 is 6.36 Å². The third-order valence-corrected chi connectivity index (χ3v) is 2.73. The molecule has 0 aliphatic carbocycles. The molecule has 1 heterocycles. The summed E-state index contributed by atoms with van der Waals surface area (Å²) in [5.74, 6) is 0.274. The van der Waals surface area contributed by atoms with Crippen molar-refractivity contribution in [2.75, 3.05) is 6.54 Å². The Hall–Kier alpha value is -2.09. The predicted molar refractivity (Wildman–Crippen MR) is 69.6 cm³/mol. The van der Waals surface area contributed by atoms with Crippen LogP contribution < -0.4 is 10.1 Å². The lowest BCUT2D eigenvalue weighted by molar-refractivity contribution is -0.274. The molecule has 0 aliphatic heterocycles.